The number of hydrogen-bond donors (Lipinski definition) is 3. The highest BCUT2D eigenvalue weighted by atomic mass is 32.3. The Labute approximate surface area is 248 Å². The molecule has 42 heavy (non-hydrogen) atoms. The molecule has 0 unspecified atom stereocenters. The minimum atomic E-state index is -1.27. The fourth-order valence-electron chi connectivity index (χ4n) is 5.89. The van der Waals surface area contributed by atoms with Crippen molar-refractivity contribution in [2.45, 2.75) is 88.8 Å². The van der Waals surface area contributed by atoms with Crippen LogP contribution in [-0.4, -0.2) is 73.5 Å². The largest absolute Gasteiger partial charge is 0.448 e. The quantitative estimate of drug-likeness (QED) is 0.378. The minimum absolute atomic E-state index is 0.0664. The number of aliphatic hydroxyl groups is 1. The first kappa shape index (κ1) is 31.8. The molecule has 1 aliphatic carbocycles. The van der Waals surface area contributed by atoms with Gasteiger partial charge in [0.15, 0.2) is 0 Å². The highest BCUT2D eigenvalue weighted by molar-refractivity contribution is 8.33. The van der Waals surface area contributed by atoms with Gasteiger partial charge in [-0.2, -0.15) is 5.10 Å². The van der Waals surface area contributed by atoms with E-state index in [2.05, 4.69) is 34.5 Å². The predicted octanol–water partition coefficient (Wildman–Crippen LogP) is 5.24. The van der Waals surface area contributed by atoms with E-state index in [0.717, 1.165) is 23.9 Å². The van der Waals surface area contributed by atoms with Crippen LogP contribution in [0, 0.1) is 5.82 Å². The van der Waals surface area contributed by atoms with Gasteiger partial charge in [0.1, 0.15) is 11.6 Å². The van der Waals surface area contributed by atoms with E-state index in [4.69, 9.17) is 4.74 Å². The lowest BCUT2D eigenvalue weighted by molar-refractivity contribution is -0.120. The van der Waals surface area contributed by atoms with Crippen LogP contribution < -0.4 is 10.6 Å². The van der Waals surface area contributed by atoms with Crippen molar-refractivity contribution >= 4 is 33.9 Å². The summed E-state index contributed by atoms with van der Waals surface area (Å²) in [6.45, 7) is 8.77. The maximum atomic E-state index is 14.1. The van der Waals surface area contributed by atoms with Gasteiger partial charge in [-0.15, -0.1) is 4.68 Å². The lowest BCUT2D eigenvalue weighted by atomic mass is 9.83. The highest BCUT2D eigenvalue weighted by Gasteiger charge is 2.52. The van der Waals surface area contributed by atoms with Crippen molar-refractivity contribution in [2.24, 2.45) is 0 Å². The molecule has 2 aromatic rings. The molecule has 1 atom stereocenters. The summed E-state index contributed by atoms with van der Waals surface area (Å²) in [5, 5.41) is 21.1. The molecule has 0 bridgehead atoms. The molecule has 0 saturated heterocycles. The smallest absolute Gasteiger partial charge is 0.436 e. The third-order valence-electron chi connectivity index (χ3n) is 8.47. The third kappa shape index (κ3) is 5.88. The number of anilines is 1. The van der Waals surface area contributed by atoms with Crippen molar-refractivity contribution in [3.63, 3.8) is 0 Å². The molecule has 3 amide bonds. The molecule has 2 aliphatic rings. The van der Waals surface area contributed by atoms with Crippen molar-refractivity contribution in [3.05, 3.63) is 46.9 Å². The van der Waals surface area contributed by atoms with Gasteiger partial charge >= 0.3 is 12.1 Å². The summed E-state index contributed by atoms with van der Waals surface area (Å²) in [5.74, 6) is -0.384. The fourth-order valence-corrected chi connectivity index (χ4v) is 8.01. The number of halogens is 1. The summed E-state index contributed by atoms with van der Waals surface area (Å²) in [5.41, 5.74) is -0.563. The SMILES string of the molecule is CCOC(=O)n1nc2c(c1NC(=O)C1(S(C)(C)C)CCC1)CN(C(=O)N[C@H](CC(C)(C)O)c1cccc(F)c1)C2(C)C. The van der Waals surface area contributed by atoms with Crippen molar-refractivity contribution in [1.29, 1.82) is 0 Å². The van der Waals surface area contributed by atoms with Gasteiger partial charge in [0.25, 0.3) is 0 Å². The lowest BCUT2D eigenvalue weighted by Gasteiger charge is -2.53. The van der Waals surface area contributed by atoms with E-state index in [1.807, 2.05) is 13.8 Å². The van der Waals surface area contributed by atoms with Crippen molar-refractivity contribution in [2.75, 3.05) is 30.7 Å². The van der Waals surface area contributed by atoms with E-state index in [9.17, 15) is 23.9 Å². The average molecular weight is 606 g/mol. The first-order chi connectivity index (χ1) is 19.4. The van der Waals surface area contributed by atoms with Crippen molar-refractivity contribution < 1.29 is 28.6 Å². The Morgan fingerprint density at radius 3 is 2.40 bits per heavy atom. The number of amides is 3. The van der Waals surface area contributed by atoms with Crippen LogP contribution in [0.1, 0.15) is 83.2 Å². The number of rotatable bonds is 8. The van der Waals surface area contributed by atoms with E-state index >= 15 is 0 Å². The van der Waals surface area contributed by atoms with Gasteiger partial charge in [0.2, 0.25) is 5.91 Å². The van der Waals surface area contributed by atoms with Gasteiger partial charge in [-0.3, -0.25) is 4.79 Å². The van der Waals surface area contributed by atoms with Gasteiger partial charge in [0, 0.05) is 12.0 Å². The number of nitrogens with one attached hydrogen (secondary N) is 2. The summed E-state index contributed by atoms with van der Waals surface area (Å²) < 4.78 is 19.9. The molecule has 4 rings (SSSR count). The van der Waals surface area contributed by atoms with Crippen LogP contribution in [0.3, 0.4) is 0 Å². The van der Waals surface area contributed by atoms with Crippen LogP contribution in [0.25, 0.3) is 0 Å². The van der Waals surface area contributed by atoms with Gasteiger partial charge in [0.05, 0.1) is 40.8 Å². The van der Waals surface area contributed by atoms with Gasteiger partial charge in [-0.1, -0.05) is 12.1 Å². The van der Waals surface area contributed by atoms with Crippen LogP contribution in [0.2, 0.25) is 0 Å². The Bertz CT molecular complexity index is 1370. The summed E-state index contributed by atoms with van der Waals surface area (Å²) in [4.78, 5) is 42.1. The molecule has 1 aromatic carbocycles. The van der Waals surface area contributed by atoms with Crippen LogP contribution in [0.4, 0.5) is 19.8 Å². The average Bonchev–Trinajstić information content (AvgIpc) is 3.30. The molecule has 0 radical (unpaired) electrons. The first-order valence-electron chi connectivity index (χ1n) is 14.3. The van der Waals surface area contributed by atoms with Crippen LogP contribution in [0.5, 0.6) is 0 Å². The Balaban J connectivity index is 1.68. The van der Waals surface area contributed by atoms with Crippen LogP contribution >= 0.6 is 10.0 Å². The Morgan fingerprint density at radius 1 is 1.21 bits per heavy atom. The summed E-state index contributed by atoms with van der Waals surface area (Å²) in [6.07, 6.45) is 8.31. The number of carbonyl (C=O) groups excluding carboxylic acids is 3. The minimum Gasteiger partial charge on any atom is -0.448 e. The highest BCUT2D eigenvalue weighted by Crippen LogP contribution is 2.61. The van der Waals surface area contributed by atoms with E-state index < -0.39 is 49.9 Å². The van der Waals surface area contributed by atoms with Crippen LogP contribution in [0.15, 0.2) is 24.3 Å². The zero-order valence-corrected chi connectivity index (χ0v) is 26.7. The molecule has 1 fully saturated rings. The summed E-state index contributed by atoms with van der Waals surface area (Å²) in [6, 6.07) is 4.79. The molecule has 2 heterocycles. The second kappa shape index (κ2) is 11.2. The Morgan fingerprint density at radius 2 is 1.88 bits per heavy atom. The molecule has 1 aromatic heterocycles. The summed E-state index contributed by atoms with van der Waals surface area (Å²) in [7, 11) is -1.27. The zero-order valence-electron chi connectivity index (χ0n) is 25.8. The second-order valence-electron chi connectivity index (χ2n) is 13.1. The number of carbonyl (C=O) groups is 3. The number of fused-ring (bicyclic) bond motifs is 1. The number of ether oxygens (including phenoxy) is 1. The first-order valence-corrected chi connectivity index (χ1v) is 17.1. The Hall–Kier alpha value is -3.12. The molecule has 3 N–H and O–H groups in total. The molecular formula is C30H44FN5O5S. The normalized spacial score (nSPS) is 18.5. The monoisotopic (exact) mass is 605 g/mol. The number of nitrogens with zero attached hydrogens (tertiary/aromatic N) is 3. The van der Waals surface area contributed by atoms with Crippen molar-refractivity contribution in [3.8, 4) is 0 Å². The molecule has 1 aliphatic heterocycles. The molecular weight excluding hydrogens is 561 g/mol. The second-order valence-corrected chi connectivity index (χ2v) is 17.6. The van der Waals surface area contributed by atoms with E-state index in [1.54, 1.807) is 37.8 Å². The Kier molecular flexibility index (Phi) is 8.47. The lowest BCUT2D eigenvalue weighted by Crippen LogP contribution is -2.52. The number of benzene rings is 1. The predicted molar refractivity (Wildman–Crippen MR) is 162 cm³/mol. The maximum absolute atomic E-state index is 14.1. The topological polar surface area (TPSA) is 126 Å². The van der Waals surface area contributed by atoms with E-state index in [1.165, 1.54) is 12.1 Å². The molecule has 1 saturated carbocycles. The molecule has 0 spiro atoms. The number of urea groups is 1. The maximum Gasteiger partial charge on any atom is 0.436 e. The molecule has 12 heteroatoms. The third-order valence-corrected chi connectivity index (χ3v) is 11.4. The van der Waals surface area contributed by atoms with Gasteiger partial charge < -0.3 is 25.4 Å². The molecule has 10 nitrogen and oxygen atoms in total. The van der Waals surface area contributed by atoms with Crippen molar-refractivity contribution in [1.82, 2.24) is 20.0 Å². The van der Waals surface area contributed by atoms with Gasteiger partial charge in [-0.05, 0) is 90.3 Å². The van der Waals surface area contributed by atoms with E-state index in [0.29, 0.717) is 16.8 Å². The fraction of sp³-hybridized carbons (Fsp3) is 0.600. The molecule has 232 valence electrons. The van der Waals surface area contributed by atoms with Crippen LogP contribution in [-0.2, 0) is 21.6 Å². The van der Waals surface area contributed by atoms with E-state index in [-0.39, 0.29) is 31.3 Å². The van der Waals surface area contributed by atoms with Gasteiger partial charge in [-0.25, -0.2) is 24.0 Å². The number of aromatic nitrogens is 2. The number of hydrogen-bond acceptors (Lipinski definition) is 6. The zero-order chi connectivity index (χ0) is 31.3. The standard InChI is InChI=1S/C30H44FN5O5S/c1-9-41-27(39)36-24(33-25(37)30(14-11-15-30)42(6,7)8)21-18-35(29(4,5)23(21)34-36)26(38)32-22(17-28(2,3)40)19-12-10-13-20(31)16-19/h10,12-13,16,22,40H,9,11,14-15,17-18H2,1-8H3,(H,32,38)(H,33,37)/t22-/m1/s1. The summed E-state index contributed by atoms with van der Waals surface area (Å²) >= 11 is 0.